The number of benzene rings is 2. The van der Waals surface area contributed by atoms with Crippen molar-refractivity contribution in [3.8, 4) is 0 Å². The molecule has 30 heavy (non-hydrogen) atoms. The van der Waals surface area contributed by atoms with Gasteiger partial charge in [0.2, 0.25) is 5.91 Å². The Kier molecular flexibility index (Phi) is 6.44. The van der Waals surface area contributed by atoms with Gasteiger partial charge >= 0.3 is 0 Å². The lowest BCUT2D eigenvalue weighted by Crippen LogP contribution is -2.33. The third-order valence-electron chi connectivity index (χ3n) is 4.63. The zero-order valence-corrected chi connectivity index (χ0v) is 18.1. The number of imidazole rings is 1. The van der Waals surface area contributed by atoms with Crippen molar-refractivity contribution in [1.82, 2.24) is 14.5 Å². The summed E-state index contributed by atoms with van der Waals surface area (Å²) in [6, 6.07) is 13.0. The number of nitrogens with zero attached hydrogens (tertiary/aromatic N) is 4. The van der Waals surface area contributed by atoms with Gasteiger partial charge in [-0.15, -0.1) is 11.8 Å². The second kappa shape index (κ2) is 9.40. The monoisotopic (exact) mass is 440 g/mol. The Balaban J connectivity index is 1.51. The third kappa shape index (κ3) is 4.88. The van der Waals surface area contributed by atoms with Crippen molar-refractivity contribution in [2.75, 3.05) is 17.2 Å². The van der Waals surface area contributed by atoms with Crippen LogP contribution in [0.5, 0.6) is 0 Å². The first kappa shape index (κ1) is 20.6. The maximum absolute atomic E-state index is 14.1. The van der Waals surface area contributed by atoms with E-state index in [4.69, 9.17) is 0 Å². The van der Waals surface area contributed by atoms with E-state index in [0.717, 1.165) is 22.6 Å². The normalized spacial score (nSPS) is 11.1. The van der Waals surface area contributed by atoms with Crippen molar-refractivity contribution in [2.24, 2.45) is 0 Å². The molecule has 0 bridgehead atoms. The van der Waals surface area contributed by atoms with E-state index in [9.17, 15) is 9.18 Å². The Morgan fingerprint density at radius 2 is 2.07 bits per heavy atom. The lowest BCUT2D eigenvalue weighted by molar-refractivity contribution is -0.116. The van der Waals surface area contributed by atoms with Crippen LogP contribution in [0.4, 0.5) is 9.52 Å². The summed E-state index contributed by atoms with van der Waals surface area (Å²) in [4.78, 5) is 24.3. The highest BCUT2D eigenvalue weighted by atomic mass is 32.2. The number of halogens is 1. The van der Waals surface area contributed by atoms with E-state index in [1.807, 2.05) is 48.0 Å². The molecule has 0 atom stereocenters. The smallest absolute Gasteiger partial charge is 0.239 e. The predicted octanol–water partition coefficient (Wildman–Crippen LogP) is 5.16. The minimum absolute atomic E-state index is 0.0364. The first-order chi connectivity index (χ1) is 14.6. The average Bonchev–Trinajstić information content (AvgIpc) is 3.41. The van der Waals surface area contributed by atoms with Crippen molar-refractivity contribution in [3.63, 3.8) is 0 Å². The van der Waals surface area contributed by atoms with Crippen molar-refractivity contribution >= 4 is 44.4 Å². The van der Waals surface area contributed by atoms with Crippen LogP contribution in [0.3, 0.4) is 0 Å². The number of para-hydroxylation sites is 1. The molecule has 8 heteroatoms. The molecular formula is C22H21FN4OS2. The molecule has 0 unspecified atom stereocenters. The van der Waals surface area contributed by atoms with E-state index in [2.05, 4.69) is 9.97 Å². The van der Waals surface area contributed by atoms with E-state index < -0.39 is 0 Å². The van der Waals surface area contributed by atoms with Gasteiger partial charge in [0.15, 0.2) is 5.13 Å². The first-order valence-corrected chi connectivity index (χ1v) is 11.4. The molecule has 0 aliphatic carbocycles. The Morgan fingerprint density at radius 3 is 2.80 bits per heavy atom. The first-order valence-electron chi connectivity index (χ1n) is 9.61. The largest absolute Gasteiger partial charge is 0.337 e. The van der Waals surface area contributed by atoms with Crippen molar-refractivity contribution in [1.29, 1.82) is 0 Å². The van der Waals surface area contributed by atoms with Crippen LogP contribution in [0.25, 0.3) is 10.2 Å². The fourth-order valence-electron chi connectivity index (χ4n) is 3.03. The van der Waals surface area contributed by atoms with Crippen molar-refractivity contribution in [3.05, 3.63) is 72.6 Å². The molecular weight excluding hydrogens is 419 g/mol. The minimum atomic E-state index is -0.366. The highest BCUT2D eigenvalue weighted by molar-refractivity contribution is 8.00. The summed E-state index contributed by atoms with van der Waals surface area (Å²) in [5.41, 5.74) is 1.50. The molecule has 0 aliphatic rings. The van der Waals surface area contributed by atoms with Crippen LogP contribution in [0, 0.1) is 12.7 Å². The molecule has 0 N–H and O–H groups in total. The molecule has 0 aliphatic heterocycles. The zero-order valence-electron chi connectivity index (χ0n) is 16.5. The van der Waals surface area contributed by atoms with Crippen LogP contribution in [-0.2, 0) is 11.3 Å². The number of aromatic nitrogens is 3. The molecule has 2 aromatic carbocycles. The van der Waals surface area contributed by atoms with Crippen LogP contribution in [-0.4, -0.2) is 32.7 Å². The van der Waals surface area contributed by atoms with Gasteiger partial charge in [-0.3, -0.25) is 9.69 Å². The van der Waals surface area contributed by atoms with Gasteiger partial charge in [0.05, 0.1) is 16.8 Å². The lowest BCUT2D eigenvalue weighted by atomic mass is 10.2. The molecule has 0 saturated heterocycles. The maximum Gasteiger partial charge on any atom is 0.239 e. The fourth-order valence-corrected chi connectivity index (χ4v) is 4.83. The molecule has 1 amide bonds. The zero-order chi connectivity index (χ0) is 20.9. The van der Waals surface area contributed by atoms with Gasteiger partial charge in [-0.1, -0.05) is 35.1 Å². The van der Waals surface area contributed by atoms with Crippen molar-refractivity contribution in [2.45, 2.75) is 24.8 Å². The maximum atomic E-state index is 14.1. The number of thiazole rings is 1. The Hall–Kier alpha value is -2.71. The molecule has 0 fully saturated rings. The topological polar surface area (TPSA) is 51.0 Å². The minimum Gasteiger partial charge on any atom is -0.337 e. The number of thioether (sulfide) groups is 1. The highest BCUT2D eigenvalue weighted by Gasteiger charge is 2.20. The van der Waals surface area contributed by atoms with Crippen LogP contribution < -0.4 is 4.90 Å². The van der Waals surface area contributed by atoms with Gasteiger partial charge in [0.25, 0.3) is 0 Å². The van der Waals surface area contributed by atoms with Gasteiger partial charge in [-0.2, -0.15) is 0 Å². The molecule has 2 heterocycles. The number of fused-ring (bicyclic) bond motifs is 1. The van der Waals surface area contributed by atoms with E-state index in [1.165, 1.54) is 34.7 Å². The SMILES string of the molecule is Cc1ccc(SCC(=O)N(CCCn2ccnc2)c2nc3c(F)cccc3s2)cc1. The quantitative estimate of drug-likeness (QED) is 0.355. The number of rotatable bonds is 8. The summed E-state index contributed by atoms with van der Waals surface area (Å²) in [5, 5.41) is 0.537. The second-order valence-electron chi connectivity index (χ2n) is 6.88. The number of carbonyl (C=O) groups excluding carboxylic acids is 1. The van der Waals surface area contributed by atoms with Gasteiger partial charge < -0.3 is 4.57 Å². The van der Waals surface area contributed by atoms with E-state index in [0.29, 0.717) is 22.9 Å². The third-order valence-corrected chi connectivity index (χ3v) is 6.67. The molecule has 5 nitrogen and oxygen atoms in total. The predicted molar refractivity (Wildman–Crippen MR) is 121 cm³/mol. The van der Waals surface area contributed by atoms with E-state index in [1.54, 1.807) is 23.5 Å². The number of amides is 1. The number of anilines is 1. The summed E-state index contributed by atoms with van der Waals surface area (Å²) < 4.78 is 16.8. The van der Waals surface area contributed by atoms with E-state index >= 15 is 0 Å². The lowest BCUT2D eigenvalue weighted by Gasteiger charge is -2.20. The Labute approximate surface area is 182 Å². The number of hydrogen-bond donors (Lipinski definition) is 0. The Bertz CT molecular complexity index is 1130. The second-order valence-corrected chi connectivity index (χ2v) is 8.94. The molecule has 0 saturated carbocycles. The average molecular weight is 441 g/mol. The fraction of sp³-hybridized carbons (Fsp3) is 0.227. The molecule has 0 spiro atoms. The molecule has 0 radical (unpaired) electrons. The summed E-state index contributed by atoms with van der Waals surface area (Å²) in [6.07, 6.45) is 6.13. The highest BCUT2D eigenvalue weighted by Crippen LogP contribution is 2.31. The van der Waals surface area contributed by atoms with Gasteiger partial charge in [-0.05, 0) is 37.6 Å². The van der Waals surface area contributed by atoms with Gasteiger partial charge in [0.1, 0.15) is 11.3 Å². The summed E-state index contributed by atoms with van der Waals surface area (Å²) in [7, 11) is 0. The summed E-state index contributed by atoms with van der Waals surface area (Å²) in [5.74, 6) is -0.104. The molecule has 4 rings (SSSR count). The van der Waals surface area contributed by atoms with Crippen LogP contribution in [0.15, 0.2) is 66.1 Å². The molecule has 4 aromatic rings. The molecule has 154 valence electrons. The van der Waals surface area contributed by atoms with Crippen LogP contribution in [0.2, 0.25) is 0 Å². The number of aryl methyl sites for hydroxylation is 2. The van der Waals surface area contributed by atoms with Gasteiger partial charge in [-0.25, -0.2) is 14.4 Å². The number of hydrogen-bond acceptors (Lipinski definition) is 5. The van der Waals surface area contributed by atoms with Crippen LogP contribution in [0.1, 0.15) is 12.0 Å². The standard InChI is InChI=1S/C22H21FN4OS2/c1-16-6-8-17(9-7-16)29-14-20(28)27(12-3-11-26-13-10-24-15-26)22-25-21-18(23)4-2-5-19(21)30-22/h2,4-10,13,15H,3,11-12,14H2,1H3. The van der Waals surface area contributed by atoms with Gasteiger partial charge in [0, 0.05) is 30.4 Å². The Morgan fingerprint density at radius 1 is 1.23 bits per heavy atom. The summed E-state index contributed by atoms with van der Waals surface area (Å²) >= 11 is 2.84. The van der Waals surface area contributed by atoms with E-state index in [-0.39, 0.29) is 11.7 Å². The van der Waals surface area contributed by atoms with Crippen molar-refractivity contribution < 1.29 is 9.18 Å². The van der Waals surface area contributed by atoms with Crippen LogP contribution >= 0.6 is 23.1 Å². The summed E-state index contributed by atoms with van der Waals surface area (Å²) in [6.45, 7) is 3.29. The molecule has 2 aromatic heterocycles. The number of carbonyl (C=O) groups is 1.